The minimum atomic E-state index is -0.835. The number of amides is 1. The summed E-state index contributed by atoms with van der Waals surface area (Å²) in [6.45, 7) is 4.23. The Morgan fingerprint density at radius 2 is 1.12 bits per heavy atom. The highest BCUT2D eigenvalue weighted by molar-refractivity contribution is 5.76. The molecule has 200 valence electrons. The van der Waals surface area contributed by atoms with E-state index in [9.17, 15) is 15.0 Å². The number of carbonyl (C=O) groups is 1. The van der Waals surface area contributed by atoms with Gasteiger partial charge in [-0.1, -0.05) is 115 Å². The Labute approximate surface area is 211 Å². The van der Waals surface area contributed by atoms with E-state index >= 15 is 0 Å². The number of hydrogen-bond acceptors (Lipinski definition) is 3. The van der Waals surface area contributed by atoms with Crippen LogP contribution in [0, 0.1) is 0 Å². The average Bonchev–Trinajstić information content (AvgIpc) is 2.84. The lowest BCUT2D eigenvalue weighted by atomic mass is 10.1. The maximum absolute atomic E-state index is 12.2. The van der Waals surface area contributed by atoms with Gasteiger partial charge < -0.3 is 15.5 Å². The summed E-state index contributed by atoms with van der Waals surface area (Å²) in [5, 5.41) is 22.6. The van der Waals surface area contributed by atoms with Crippen LogP contribution in [0.4, 0.5) is 0 Å². The molecule has 0 radical (unpaired) electrons. The van der Waals surface area contributed by atoms with Gasteiger partial charge in [0.05, 0.1) is 18.8 Å². The molecule has 0 bridgehead atoms. The normalized spacial score (nSPS) is 13.6. The van der Waals surface area contributed by atoms with Crippen molar-refractivity contribution in [1.29, 1.82) is 0 Å². The van der Waals surface area contributed by atoms with Gasteiger partial charge in [0.1, 0.15) is 0 Å². The van der Waals surface area contributed by atoms with Crippen molar-refractivity contribution in [1.82, 2.24) is 5.32 Å². The third-order valence-corrected chi connectivity index (χ3v) is 6.43. The van der Waals surface area contributed by atoms with Crippen LogP contribution < -0.4 is 5.32 Å². The smallest absolute Gasteiger partial charge is 0.220 e. The van der Waals surface area contributed by atoms with Crippen LogP contribution in [0.3, 0.4) is 0 Å². The van der Waals surface area contributed by atoms with Gasteiger partial charge in [0, 0.05) is 6.42 Å². The van der Waals surface area contributed by atoms with Gasteiger partial charge >= 0.3 is 0 Å². The van der Waals surface area contributed by atoms with Crippen LogP contribution in [0.2, 0.25) is 0 Å². The lowest BCUT2D eigenvalue weighted by Crippen LogP contribution is -2.45. The van der Waals surface area contributed by atoms with E-state index in [4.69, 9.17) is 0 Å². The van der Waals surface area contributed by atoms with E-state index in [-0.39, 0.29) is 12.5 Å². The number of hydrogen-bond donors (Lipinski definition) is 3. The Morgan fingerprint density at radius 1 is 0.676 bits per heavy atom. The molecule has 0 aliphatic rings. The fraction of sp³-hybridized carbons (Fsp3) is 0.833. The fourth-order valence-corrected chi connectivity index (χ4v) is 4.11. The van der Waals surface area contributed by atoms with Crippen LogP contribution in [0.1, 0.15) is 142 Å². The van der Waals surface area contributed by atoms with E-state index < -0.39 is 12.1 Å². The third kappa shape index (κ3) is 22.7. The number of aliphatic hydroxyl groups is 2. The Balaban J connectivity index is 3.71. The molecule has 0 aromatic rings. The van der Waals surface area contributed by atoms with Crippen molar-refractivity contribution in [3.8, 4) is 0 Å². The van der Waals surface area contributed by atoms with Crippen molar-refractivity contribution in [3.05, 3.63) is 24.3 Å². The van der Waals surface area contributed by atoms with Crippen LogP contribution in [0.15, 0.2) is 24.3 Å². The molecule has 0 saturated heterocycles. The molecule has 1 amide bonds. The summed E-state index contributed by atoms with van der Waals surface area (Å²) in [7, 11) is 0. The maximum atomic E-state index is 12.2. The first-order valence-electron chi connectivity index (χ1n) is 14.6. The van der Waals surface area contributed by atoms with Crippen LogP contribution in [-0.2, 0) is 4.79 Å². The number of aliphatic hydroxyl groups excluding tert-OH is 2. The Morgan fingerprint density at radius 3 is 1.65 bits per heavy atom. The summed E-state index contributed by atoms with van der Waals surface area (Å²) in [6.07, 6.45) is 31.0. The molecule has 3 N–H and O–H groups in total. The van der Waals surface area contributed by atoms with E-state index in [0.717, 1.165) is 38.5 Å². The topological polar surface area (TPSA) is 69.6 Å². The summed E-state index contributed by atoms with van der Waals surface area (Å²) >= 11 is 0. The predicted octanol–water partition coefficient (Wildman–Crippen LogP) is 7.78. The van der Waals surface area contributed by atoms with Crippen LogP contribution in [-0.4, -0.2) is 34.9 Å². The lowest BCUT2D eigenvalue weighted by Gasteiger charge is -2.20. The summed E-state index contributed by atoms with van der Waals surface area (Å²) in [5.41, 5.74) is 0. The molecule has 0 aliphatic heterocycles. The van der Waals surface area contributed by atoms with Gasteiger partial charge in [-0.15, -0.1) is 0 Å². The molecular formula is C30H57NO3. The summed E-state index contributed by atoms with van der Waals surface area (Å²) in [5.74, 6) is -0.0791. The van der Waals surface area contributed by atoms with Crippen molar-refractivity contribution in [2.45, 2.75) is 154 Å². The lowest BCUT2D eigenvalue weighted by molar-refractivity contribution is -0.123. The SMILES string of the molecule is CCCCCC/C=C\CCCCCCCC(=O)NC(CO)C(O)/C=C/CCCCCCCCC. The second kappa shape index (κ2) is 26.5. The molecule has 4 nitrogen and oxygen atoms in total. The van der Waals surface area contributed by atoms with Gasteiger partial charge in [-0.05, 0) is 44.9 Å². The van der Waals surface area contributed by atoms with Crippen LogP contribution >= 0.6 is 0 Å². The predicted molar refractivity (Wildman–Crippen MR) is 147 cm³/mol. The first-order valence-corrected chi connectivity index (χ1v) is 14.6. The zero-order valence-corrected chi connectivity index (χ0v) is 22.6. The van der Waals surface area contributed by atoms with Crippen LogP contribution in [0.25, 0.3) is 0 Å². The minimum Gasteiger partial charge on any atom is -0.394 e. The molecule has 2 atom stereocenters. The second-order valence-corrected chi connectivity index (χ2v) is 9.81. The molecule has 0 spiro atoms. The molecule has 0 rings (SSSR count). The zero-order valence-electron chi connectivity index (χ0n) is 22.6. The minimum absolute atomic E-state index is 0.0791. The molecular weight excluding hydrogens is 422 g/mol. The van der Waals surface area contributed by atoms with E-state index in [2.05, 4.69) is 31.3 Å². The molecule has 34 heavy (non-hydrogen) atoms. The highest BCUT2D eigenvalue weighted by atomic mass is 16.3. The van der Waals surface area contributed by atoms with E-state index in [1.165, 1.54) is 83.5 Å². The monoisotopic (exact) mass is 479 g/mol. The molecule has 0 aromatic heterocycles. The molecule has 0 aliphatic carbocycles. The van der Waals surface area contributed by atoms with Gasteiger partial charge in [0.15, 0.2) is 0 Å². The third-order valence-electron chi connectivity index (χ3n) is 6.43. The molecule has 2 unspecified atom stereocenters. The Kier molecular flexibility index (Phi) is 25.6. The molecule has 0 fully saturated rings. The zero-order chi connectivity index (χ0) is 25.1. The van der Waals surface area contributed by atoms with Crippen LogP contribution in [0.5, 0.6) is 0 Å². The number of unbranched alkanes of at least 4 members (excludes halogenated alkanes) is 16. The number of carbonyl (C=O) groups excluding carboxylic acids is 1. The summed E-state index contributed by atoms with van der Waals surface area (Å²) in [6, 6.07) is -0.619. The van der Waals surface area contributed by atoms with Crippen molar-refractivity contribution in [3.63, 3.8) is 0 Å². The highest BCUT2D eigenvalue weighted by Gasteiger charge is 2.17. The second-order valence-electron chi connectivity index (χ2n) is 9.81. The van der Waals surface area contributed by atoms with Gasteiger partial charge in [-0.3, -0.25) is 4.79 Å². The average molecular weight is 480 g/mol. The molecule has 0 heterocycles. The quantitative estimate of drug-likeness (QED) is 0.0924. The van der Waals surface area contributed by atoms with Gasteiger partial charge in [-0.25, -0.2) is 0 Å². The Bertz CT molecular complexity index is 489. The summed E-state index contributed by atoms with van der Waals surface area (Å²) in [4.78, 5) is 12.2. The number of nitrogens with one attached hydrogen (secondary N) is 1. The van der Waals surface area contributed by atoms with E-state index in [1.54, 1.807) is 6.08 Å². The van der Waals surface area contributed by atoms with Crippen molar-refractivity contribution in [2.24, 2.45) is 0 Å². The molecule has 4 heteroatoms. The van der Waals surface area contributed by atoms with E-state index in [0.29, 0.717) is 6.42 Å². The number of rotatable bonds is 25. The van der Waals surface area contributed by atoms with Crippen molar-refractivity contribution >= 4 is 5.91 Å². The Hall–Kier alpha value is -1.13. The maximum Gasteiger partial charge on any atom is 0.220 e. The number of allylic oxidation sites excluding steroid dienone is 3. The standard InChI is InChI=1S/C30H57NO3/c1-3-5-7-9-11-13-14-15-16-18-20-22-24-26-30(34)31-28(27-32)29(33)25-23-21-19-17-12-10-8-6-4-2/h13-14,23,25,28-29,32-33H,3-12,15-22,24,26-27H2,1-2H3,(H,31,34)/b14-13-,25-23+. The van der Waals surface area contributed by atoms with Gasteiger partial charge in [0.25, 0.3) is 0 Å². The fourth-order valence-electron chi connectivity index (χ4n) is 4.11. The van der Waals surface area contributed by atoms with Crippen molar-refractivity contribution < 1.29 is 15.0 Å². The highest BCUT2D eigenvalue weighted by Crippen LogP contribution is 2.11. The van der Waals surface area contributed by atoms with Gasteiger partial charge in [-0.2, -0.15) is 0 Å². The van der Waals surface area contributed by atoms with Gasteiger partial charge in [0.2, 0.25) is 5.91 Å². The van der Waals surface area contributed by atoms with E-state index in [1.807, 2.05) is 6.08 Å². The first-order chi connectivity index (χ1) is 16.7. The summed E-state index contributed by atoms with van der Waals surface area (Å²) < 4.78 is 0. The first kappa shape index (κ1) is 32.9. The molecule has 0 aromatic carbocycles. The van der Waals surface area contributed by atoms with Crippen molar-refractivity contribution in [2.75, 3.05) is 6.61 Å². The molecule has 0 saturated carbocycles. The largest absolute Gasteiger partial charge is 0.394 e.